The number of carboxylic acids is 1. The summed E-state index contributed by atoms with van der Waals surface area (Å²) in [4.78, 5) is 10.8. The number of hydrogen-bond donors (Lipinski definition) is 2. The van der Waals surface area contributed by atoms with Crippen LogP contribution in [0.2, 0.25) is 0 Å². The molecule has 0 aliphatic rings. The van der Waals surface area contributed by atoms with Crippen molar-refractivity contribution in [1.82, 2.24) is 0 Å². The molecule has 1 aromatic rings. The average molecular weight is 304 g/mol. The summed E-state index contributed by atoms with van der Waals surface area (Å²) in [6, 6.07) is 5.14. The molecule has 21 heavy (non-hydrogen) atoms. The van der Waals surface area contributed by atoms with Crippen molar-refractivity contribution in [3.63, 3.8) is 0 Å². The van der Waals surface area contributed by atoms with Crippen LogP contribution in [0.1, 0.15) is 37.8 Å². The number of carbonyl (C=O) groups is 1. The molecular formula is C15H19F3O3. The zero-order valence-corrected chi connectivity index (χ0v) is 11.9. The van der Waals surface area contributed by atoms with Gasteiger partial charge in [-0.1, -0.05) is 32.0 Å². The molecule has 0 fully saturated rings. The molecule has 1 rings (SSSR count). The fourth-order valence-electron chi connectivity index (χ4n) is 2.21. The second kappa shape index (κ2) is 6.47. The Morgan fingerprint density at radius 2 is 1.81 bits per heavy atom. The SMILES string of the molecule is CC(C)C(O)(CCc1ccccc1C(F)(F)F)CC(=O)O. The number of halogens is 3. The molecule has 0 heterocycles. The van der Waals surface area contributed by atoms with Crippen LogP contribution in [-0.4, -0.2) is 21.8 Å². The molecular weight excluding hydrogens is 285 g/mol. The van der Waals surface area contributed by atoms with Gasteiger partial charge in [0.15, 0.2) is 0 Å². The standard InChI is InChI=1S/C15H19F3O3/c1-10(2)14(21,9-13(19)20)8-7-11-5-3-4-6-12(11)15(16,17)18/h3-6,10,21H,7-9H2,1-2H3,(H,19,20). The lowest BCUT2D eigenvalue weighted by atomic mass is 9.81. The van der Waals surface area contributed by atoms with Crippen LogP contribution in [0.3, 0.4) is 0 Å². The van der Waals surface area contributed by atoms with Gasteiger partial charge in [-0.25, -0.2) is 0 Å². The van der Waals surface area contributed by atoms with Gasteiger partial charge in [0, 0.05) is 0 Å². The first-order valence-electron chi connectivity index (χ1n) is 6.65. The monoisotopic (exact) mass is 304 g/mol. The molecule has 1 unspecified atom stereocenters. The Balaban J connectivity index is 2.94. The molecule has 3 nitrogen and oxygen atoms in total. The smallest absolute Gasteiger partial charge is 0.416 e. The van der Waals surface area contributed by atoms with E-state index < -0.39 is 29.7 Å². The Kier molecular flexibility index (Phi) is 5.39. The van der Waals surface area contributed by atoms with Crippen LogP contribution < -0.4 is 0 Å². The van der Waals surface area contributed by atoms with Crippen molar-refractivity contribution in [2.24, 2.45) is 5.92 Å². The van der Waals surface area contributed by atoms with Crippen LogP contribution in [0.5, 0.6) is 0 Å². The van der Waals surface area contributed by atoms with Gasteiger partial charge in [0.2, 0.25) is 0 Å². The van der Waals surface area contributed by atoms with E-state index in [4.69, 9.17) is 5.11 Å². The van der Waals surface area contributed by atoms with E-state index in [1.165, 1.54) is 18.2 Å². The number of rotatable bonds is 6. The first-order chi connectivity index (χ1) is 9.56. The maximum Gasteiger partial charge on any atom is 0.416 e. The van der Waals surface area contributed by atoms with Crippen LogP contribution in [0.4, 0.5) is 13.2 Å². The Labute approximate surface area is 121 Å². The van der Waals surface area contributed by atoms with Crippen LogP contribution in [0.15, 0.2) is 24.3 Å². The highest BCUT2D eigenvalue weighted by atomic mass is 19.4. The molecule has 0 saturated heterocycles. The van der Waals surface area contributed by atoms with Crippen molar-refractivity contribution < 1.29 is 28.2 Å². The molecule has 0 saturated carbocycles. The lowest BCUT2D eigenvalue weighted by Crippen LogP contribution is -2.38. The summed E-state index contributed by atoms with van der Waals surface area (Å²) in [5.74, 6) is -1.54. The highest BCUT2D eigenvalue weighted by Gasteiger charge is 2.36. The summed E-state index contributed by atoms with van der Waals surface area (Å²) >= 11 is 0. The van der Waals surface area contributed by atoms with E-state index in [-0.39, 0.29) is 24.3 Å². The van der Waals surface area contributed by atoms with Crippen LogP contribution in [-0.2, 0) is 17.4 Å². The molecule has 0 spiro atoms. The third-order valence-corrected chi connectivity index (χ3v) is 3.68. The lowest BCUT2D eigenvalue weighted by Gasteiger charge is -2.31. The van der Waals surface area contributed by atoms with Gasteiger partial charge in [0.1, 0.15) is 0 Å². The van der Waals surface area contributed by atoms with Crippen molar-refractivity contribution >= 4 is 5.97 Å². The highest BCUT2D eigenvalue weighted by molar-refractivity contribution is 5.68. The molecule has 1 aromatic carbocycles. The maximum absolute atomic E-state index is 12.9. The Morgan fingerprint density at radius 3 is 2.29 bits per heavy atom. The summed E-state index contributed by atoms with van der Waals surface area (Å²) in [6.45, 7) is 3.30. The normalized spacial score (nSPS) is 15.0. The number of carboxylic acid groups (broad SMARTS) is 1. The van der Waals surface area contributed by atoms with E-state index in [9.17, 15) is 23.1 Å². The summed E-state index contributed by atoms with van der Waals surface area (Å²) < 4.78 is 38.6. The minimum absolute atomic E-state index is 0.0301. The number of alkyl halides is 3. The van der Waals surface area contributed by atoms with Gasteiger partial charge in [-0.2, -0.15) is 13.2 Å². The van der Waals surface area contributed by atoms with Crippen molar-refractivity contribution in [3.8, 4) is 0 Å². The molecule has 118 valence electrons. The molecule has 0 aromatic heterocycles. The van der Waals surface area contributed by atoms with Crippen LogP contribution in [0, 0.1) is 5.92 Å². The Bertz CT molecular complexity index is 497. The first kappa shape index (κ1) is 17.5. The van der Waals surface area contributed by atoms with Gasteiger partial charge in [-0.15, -0.1) is 0 Å². The molecule has 0 bridgehead atoms. The number of aliphatic hydroxyl groups is 1. The molecule has 2 N–H and O–H groups in total. The predicted molar refractivity (Wildman–Crippen MR) is 71.8 cm³/mol. The van der Waals surface area contributed by atoms with Gasteiger partial charge in [0.05, 0.1) is 17.6 Å². The van der Waals surface area contributed by atoms with E-state index in [2.05, 4.69) is 0 Å². The Hall–Kier alpha value is -1.56. The van der Waals surface area contributed by atoms with E-state index in [0.29, 0.717) is 0 Å². The van der Waals surface area contributed by atoms with Crippen LogP contribution >= 0.6 is 0 Å². The van der Waals surface area contributed by atoms with Crippen molar-refractivity contribution in [2.75, 3.05) is 0 Å². The predicted octanol–water partition coefficient (Wildman–Crippen LogP) is 3.50. The average Bonchev–Trinajstić information content (AvgIpc) is 2.34. The van der Waals surface area contributed by atoms with Gasteiger partial charge in [-0.05, 0) is 30.4 Å². The van der Waals surface area contributed by atoms with E-state index in [0.717, 1.165) is 6.07 Å². The number of benzene rings is 1. The molecule has 6 heteroatoms. The van der Waals surface area contributed by atoms with Gasteiger partial charge in [0.25, 0.3) is 0 Å². The lowest BCUT2D eigenvalue weighted by molar-refractivity contribution is -0.145. The van der Waals surface area contributed by atoms with Crippen molar-refractivity contribution in [3.05, 3.63) is 35.4 Å². The fourth-order valence-corrected chi connectivity index (χ4v) is 2.21. The molecule has 0 aliphatic heterocycles. The Morgan fingerprint density at radius 1 is 1.24 bits per heavy atom. The minimum Gasteiger partial charge on any atom is -0.481 e. The summed E-state index contributed by atoms with van der Waals surface area (Å²) in [5, 5.41) is 19.2. The molecule has 0 radical (unpaired) electrons. The number of aliphatic carboxylic acids is 1. The summed E-state index contributed by atoms with van der Waals surface area (Å²) in [7, 11) is 0. The summed E-state index contributed by atoms with van der Waals surface area (Å²) in [6.07, 6.45) is -5.01. The van der Waals surface area contributed by atoms with Gasteiger partial charge < -0.3 is 10.2 Å². The quantitative estimate of drug-likeness (QED) is 0.845. The van der Waals surface area contributed by atoms with Crippen molar-refractivity contribution in [2.45, 2.75) is 44.9 Å². The first-order valence-corrected chi connectivity index (χ1v) is 6.65. The zero-order chi connectivity index (χ0) is 16.3. The maximum atomic E-state index is 12.9. The van der Waals surface area contributed by atoms with E-state index in [1.54, 1.807) is 13.8 Å². The fraction of sp³-hybridized carbons (Fsp3) is 0.533. The third kappa shape index (κ3) is 4.74. The van der Waals surface area contributed by atoms with E-state index >= 15 is 0 Å². The number of aryl methyl sites for hydroxylation is 1. The van der Waals surface area contributed by atoms with E-state index in [1.807, 2.05) is 0 Å². The second-order valence-electron chi connectivity index (χ2n) is 5.48. The molecule has 1 atom stereocenters. The molecule has 0 aliphatic carbocycles. The summed E-state index contributed by atoms with van der Waals surface area (Å²) in [5.41, 5.74) is -2.20. The second-order valence-corrected chi connectivity index (χ2v) is 5.48. The zero-order valence-electron chi connectivity index (χ0n) is 11.9. The van der Waals surface area contributed by atoms with Gasteiger partial charge >= 0.3 is 12.1 Å². The minimum atomic E-state index is -4.46. The largest absolute Gasteiger partial charge is 0.481 e. The highest BCUT2D eigenvalue weighted by Crippen LogP contribution is 2.34. The molecule has 0 amide bonds. The van der Waals surface area contributed by atoms with Gasteiger partial charge in [-0.3, -0.25) is 4.79 Å². The third-order valence-electron chi connectivity index (χ3n) is 3.68. The topological polar surface area (TPSA) is 57.5 Å². The van der Waals surface area contributed by atoms with Crippen LogP contribution in [0.25, 0.3) is 0 Å². The number of hydrogen-bond acceptors (Lipinski definition) is 2. The van der Waals surface area contributed by atoms with Crippen molar-refractivity contribution in [1.29, 1.82) is 0 Å².